The number of hydrogen-bond acceptors (Lipinski definition) is 5. The molecule has 2 aromatic heterocycles. The third-order valence-electron chi connectivity index (χ3n) is 5.94. The summed E-state index contributed by atoms with van der Waals surface area (Å²) in [7, 11) is 0. The summed E-state index contributed by atoms with van der Waals surface area (Å²) < 4.78 is 7.21. The molecule has 0 unspecified atom stereocenters. The fourth-order valence-corrected chi connectivity index (χ4v) is 3.97. The molecule has 0 fully saturated rings. The first-order valence-corrected chi connectivity index (χ1v) is 12.0. The Kier molecular flexibility index (Phi) is 7.60. The molecule has 2 heterocycles. The number of hydrogen-bond donors (Lipinski definition) is 1. The van der Waals surface area contributed by atoms with E-state index in [0.717, 1.165) is 23.9 Å². The smallest absolute Gasteiger partial charge is 0.251 e. The second-order valence-electron chi connectivity index (χ2n) is 8.91. The predicted octanol–water partition coefficient (Wildman–Crippen LogP) is 4.52. The maximum absolute atomic E-state index is 13.8. The van der Waals surface area contributed by atoms with Crippen molar-refractivity contribution < 1.29 is 14.0 Å². The number of carbonyl (C=O) groups is 2. The van der Waals surface area contributed by atoms with Gasteiger partial charge in [0.15, 0.2) is 6.04 Å². The summed E-state index contributed by atoms with van der Waals surface area (Å²) in [6.07, 6.45) is 3.22. The Hall–Kier alpha value is -3.94. The van der Waals surface area contributed by atoms with Gasteiger partial charge in [-0.3, -0.25) is 14.5 Å². The zero-order valence-electron chi connectivity index (χ0n) is 20.3. The first-order chi connectivity index (χ1) is 17.0. The number of nitrogens with zero attached hydrogens (tertiary/aromatic N) is 4. The third kappa shape index (κ3) is 5.59. The van der Waals surface area contributed by atoms with Crippen LogP contribution in [-0.2, 0) is 22.6 Å². The van der Waals surface area contributed by atoms with E-state index in [4.69, 9.17) is 4.42 Å². The van der Waals surface area contributed by atoms with Crippen LogP contribution in [0.25, 0.3) is 11.0 Å². The Labute approximate surface area is 204 Å². The van der Waals surface area contributed by atoms with E-state index in [0.29, 0.717) is 29.4 Å². The monoisotopic (exact) mass is 473 g/mol. The summed E-state index contributed by atoms with van der Waals surface area (Å²) in [6.45, 7) is 6.71. The lowest BCUT2D eigenvalue weighted by atomic mass is 10.1. The molecule has 0 spiro atoms. The van der Waals surface area contributed by atoms with Crippen molar-refractivity contribution in [2.45, 2.75) is 46.2 Å². The standard InChI is InChI=1S/C27H31N5O3/c1-4-20-11-13-21(14-12-20)32(25(33)18-31-23-9-6-5-8-22(23)29-30-31)26(24-10-7-17-35-24)27(34)28-16-15-19(2)3/h5-14,17,19,26H,4,15-16,18H2,1-3H3,(H,28,34)/t26-/m1/s1. The molecule has 0 aliphatic heterocycles. The highest BCUT2D eigenvalue weighted by atomic mass is 16.3. The highest BCUT2D eigenvalue weighted by molar-refractivity contribution is 6.01. The Morgan fingerprint density at radius 3 is 2.51 bits per heavy atom. The first-order valence-electron chi connectivity index (χ1n) is 12.0. The van der Waals surface area contributed by atoms with Gasteiger partial charge >= 0.3 is 0 Å². The molecule has 2 aromatic carbocycles. The molecular formula is C27H31N5O3. The molecule has 8 heteroatoms. The van der Waals surface area contributed by atoms with Crippen molar-refractivity contribution in [1.82, 2.24) is 20.3 Å². The fraction of sp³-hybridized carbons (Fsp3) is 0.333. The van der Waals surface area contributed by atoms with Gasteiger partial charge in [-0.25, -0.2) is 4.68 Å². The number of aryl methyl sites for hydroxylation is 1. The van der Waals surface area contributed by atoms with Crippen molar-refractivity contribution in [3.05, 3.63) is 78.3 Å². The van der Waals surface area contributed by atoms with Gasteiger partial charge in [0.25, 0.3) is 5.91 Å². The van der Waals surface area contributed by atoms with Crippen LogP contribution in [0.1, 0.15) is 44.6 Å². The molecule has 0 aliphatic rings. The maximum atomic E-state index is 13.8. The number of anilines is 1. The molecule has 0 saturated carbocycles. The number of amides is 2. The fourth-order valence-electron chi connectivity index (χ4n) is 3.97. The largest absolute Gasteiger partial charge is 0.467 e. The van der Waals surface area contributed by atoms with Gasteiger partial charge in [-0.2, -0.15) is 0 Å². The highest BCUT2D eigenvalue weighted by Crippen LogP contribution is 2.29. The number of furan rings is 1. The average Bonchev–Trinajstić information content (AvgIpc) is 3.53. The van der Waals surface area contributed by atoms with Gasteiger partial charge in [-0.05, 0) is 60.7 Å². The molecule has 8 nitrogen and oxygen atoms in total. The Bertz CT molecular complexity index is 1260. The van der Waals surface area contributed by atoms with Crippen LogP contribution in [0.15, 0.2) is 71.3 Å². The summed E-state index contributed by atoms with van der Waals surface area (Å²) in [5.74, 6) is 0.239. The van der Waals surface area contributed by atoms with Crippen LogP contribution in [0.5, 0.6) is 0 Å². The van der Waals surface area contributed by atoms with Crippen LogP contribution >= 0.6 is 0 Å². The quantitative estimate of drug-likeness (QED) is 0.365. The van der Waals surface area contributed by atoms with Crippen molar-refractivity contribution in [1.29, 1.82) is 0 Å². The number of aromatic nitrogens is 3. The number of para-hydroxylation sites is 1. The average molecular weight is 474 g/mol. The zero-order valence-corrected chi connectivity index (χ0v) is 20.3. The van der Waals surface area contributed by atoms with Crippen LogP contribution in [0.2, 0.25) is 0 Å². The number of carbonyl (C=O) groups excluding carboxylic acids is 2. The summed E-state index contributed by atoms with van der Waals surface area (Å²) >= 11 is 0. The normalized spacial score (nSPS) is 12.1. The molecule has 0 aliphatic carbocycles. The SMILES string of the molecule is CCc1ccc(N(C(=O)Cn2nnc3ccccc32)[C@@H](C(=O)NCCC(C)C)c2ccco2)cc1. The highest BCUT2D eigenvalue weighted by Gasteiger charge is 2.35. The molecule has 35 heavy (non-hydrogen) atoms. The second-order valence-corrected chi connectivity index (χ2v) is 8.91. The van der Waals surface area contributed by atoms with Crippen molar-refractivity contribution >= 4 is 28.5 Å². The van der Waals surface area contributed by atoms with Gasteiger partial charge in [-0.1, -0.05) is 50.3 Å². The van der Waals surface area contributed by atoms with Crippen molar-refractivity contribution in [2.24, 2.45) is 5.92 Å². The summed E-state index contributed by atoms with van der Waals surface area (Å²) in [6, 6.07) is 17.6. The first kappa shape index (κ1) is 24.2. The predicted molar refractivity (Wildman–Crippen MR) is 135 cm³/mol. The van der Waals surface area contributed by atoms with Crippen LogP contribution in [-0.4, -0.2) is 33.4 Å². The van der Waals surface area contributed by atoms with E-state index in [1.807, 2.05) is 48.5 Å². The Balaban J connectivity index is 1.72. The number of nitrogens with one attached hydrogen (secondary N) is 1. The molecule has 4 rings (SSSR count). The minimum absolute atomic E-state index is 0.0769. The molecule has 0 saturated heterocycles. The lowest BCUT2D eigenvalue weighted by molar-refractivity contribution is -0.127. The van der Waals surface area contributed by atoms with E-state index in [-0.39, 0.29) is 18.4 Å². The molecule has 0 bridgehead atoms. The van der Waals surface area contributed by atoms with Crippen LogP contribution in [0, 0.1) is 5.92 Å². The van der Waals surface area contributed by atoms with Crippen LogP contribution < -0.4 is 10.2 Å². The van der Waals surface area contributed by atoms with Gasteiger partial charge in [0, 0.05) is 12.2 Å². The molecule has 182 valence electrons. The molecule has 0 radical (unpaired) electrons. The van der Waals surface area contributed by atoms with Gasteiger partial charge in [0.2, 0.25) is 5.91 Å². The van der Waals surface area contributed by atoms with Gasteiger partial charge in [-0.15, -0.1) is 5.10 Å². The summed E-state index contributed by atoms with van der Waals surface area (Å²) in [5.41, 5.74) is 3.20. The summed E-state index contributed by atoms with van der Waals surface area (Å²) in [5, 5.41) is 11.3. The van der Waals surface area contributed by atoms with E-state index in [2.05, 4.69) is 36.4 Å². The molecule has 1 atom stereocenters. The lowest BCUT2D eigenvalue weighted by Gasteiger charge is -2.30. The van der Waals surface area contributed by atoms with Crippen LogP contribution in [0.3, 0.4) is 0 Å². The van der Waals surface area contributed by atoms with Crippen LogP contribution in [0.4, 0.5) is 5.69 Å². The number of fused-ring (bicyclic) bond motifs is 1. The number of benzene rings is 2. The molecular weight excluding hydrogens is 442 g/mol. The molecule has 1 N–H and O–H groups in total. The van der Waals surface area contributed by atoms with Crippen molar-refractivity contribution in [3.8, 4) is 0 Å². The van der Waals surface area contributed by atoms with E-state index in [9.17, 15) is 9.59 Å². The maximum Gasteiger partial charge on any atom is 0.251 e. The lowest BCUT2D eigenvalue weighted by Crippen LogP contribution is -2.45. The zero-order chi connectivity index (χ0) is 24.8. The van der Waals surface area contributed by atoms with E-state index in [1.165, 1.54) is 11.2 Å². The van der Waals surface area contributed by atoms with Gasteiger partial charge in [0.1, 0.15) is 17.8 Å². The van der Waals surface area contributed by atoms with E-state index in [1.54, 1.807) is 16.8 Å². The Morgan fingerprint density at radius 1 is 1.06 bits per heavy atom. The minimum Gasteiger partial charge on any atom is -0.467 e. The second kappa shape index (κ2) is 11.0. The minimum atomic E-state index is -0.966. The van der Waals surface area contributed by atoms with Gasteiger partial charge in [0.05, 0.1) is 11.8 Å². The molecule has 2 amide bonds. The van der Waals surface area contributed by atoms with E-state index < -0.39 is 6.04 Å². The van der Waals surface area contributed by atoms with E-state index >= 15 is 0 Å². The van der Waals surface area contributed by atoms with Crippen molar-refractivity contribution in [3.63, 3.8) is 0 Å². The topological polar surface area (TPSA) is 93.3 Å². The van der Waals surface area contributed by atoms with Crippen molar-refractivity contribution in [2.75, 3.05) is 11.4 Å². The number of rotatable bonds is 10. The summed E-state index contributed by atoms with van der Waals surface area (Å²) in [4.78, 5) is 28.8. The van der Waals surface area contributed by atoms with Gasteiger partial charge < -0.3 is 9.73 Å². The molecule has 4 aromatic rings. The Morgan fingerprint density at radius 2 is 1.83 bits per heavy atom. The third-order valence-corrected chi connectivity index (χ3v) is 5.94.